The van der Waals surface area contributed by atoms with Crippen LogP contribution in [0.4, 0.5) is 0 Å². The molecule has 1 aliphatic rings. The fourth-order valence-corrected chi connectivity index (χ4v) is 2.80. The fraction of sp³-hybridized carbons (Fsp3) is 0.500. The highest BCUT2D eigenvalue weighted by molar-refractivity contribution is 7.10. The molecular formula is C12H16N2O4S. The van der Waals surface area contributed by atoms with Crippen LogP contribution >= 0.6 is 11.3 Å². The molecule has 2 heterocycles. The summed E-state index contributed by atoms with van der Waals surface area (Å²) in [6, 6.07) is 2.47. The van der Waals surface area contributed by atoms with E-state index in [1.165, 1.54) is 16.2 Å². The third-order valence-corrected chi connectivity index (χ3v) is 3.99. The van der Waals surface area contributed by atoms with Crippen LogP contribution in [0.1, 0.15) is 17.3 Å². The summed E-state index contributed by atoms with van der Waals surface area (Å²) in [5, 5.41) is 10.7. The van der Waals surface area contributed by atoms with Crippen LogP contribution in [-0.4, -0.2) is 47.7 Å². The van der Waals surface area contributed by atoms with E-state index in [1.54, 1.807) is 6.07 Å². The molecule has 0 saturated carbocycles. The Morgan fingerprint density at radius 1 is 1.63 bits per heavy atom. The lowest BCUT2D eigenvalue weighted by Gasteiger charge is -2.36. The molecule has 1 aromatic rings. The molecule has 1 aromatic heterocycles. The number of carboxylic acids is 1. The number of thiophene rings is 1. The summed E-state index contributed by atoms with van der Waals surface area (Å²) in [4.78, 5) is 25.5. The van der Waals surface area contributed by atoms with Crippen molar-refractivity contribution in [2.75, 3.05) is 19.8 Å². The van der Waals surface area contributed by atoms with Gasteiger partial charge in [0.1, 0.15) is 6.04 Å². The molecule has 1 aliphatic heterocycles. The number of carbonyl (C=O) groups excluding carboxylic acids is 1. The minimum absolute atomic E-state index is 0.122. The first-order valence-electron chi connectivity index (χ1n) is 5.98. The smallest absolute Gasteiger partial charge is 0.305 e. The average Bonchev–Trinajstić information content (AvgIpc) is 2.91. The molecule has 2 unspecified atom stereocenters. The van der Waals surface area contributed by atoms with Crippen LogP contribution in [0, 0.1) is 0 Å². The van der Waals surface area contributed by atoms with Crippen molar-refractivity contribution >= 4 is 23.2 Å². The van der Waals surface area contributed by atoms with Crippen molar-refractivity contribution in [3.63, 3.8) is 0 Å². The van der Waals surface area contributed by atoms with Gasteiger partial charge in [0.15, 0.2) is 0 Å². The molecule has 3 N–H and O–H groups in total. The van der Waals surface area contributed by atoms with Gasteiger partial charge in [0.2, 0.25) is 5.91 Å². The molecule has 104 valence electrons. The highest BCUT2D eigenvalue weighted by Crippen LogP contribution is 2.21. The van der Waals surface area contributed by atoms with Gasteiger partial charge >= 0.3 is 5.97 Å². The highest BCUT2D eigenvalue weighted by atomic mass is 32.1. The summed E-state index contributed by atoms with van der Waals surface area (Å²) >= 11 is 1.42. The maximum atomic E-state index is 12.3. The Labute approximate surface area is 114 Å². The Morgan fingerprint density at radius 3 is 3.05 bits per heavy atom. The normalized spacial score (nSPS) is 21.1. The SMILES string of the molecule is NC(C(=O)N1CCOCC1CC(=O)O)c1cccs1. The zero-order valence-electron chi connectivity index (χ0n) is 10.3. The minimum atomic E-state index is -0.946. The summed E-state index contributed by atoms with van der Waals surface area (Å²) in [5.41, 5.74) is 5.94. The lowest BCUT2D eigenvalue weighted by molar-refractivity contribution is -0.147. The van der Waals surface area contributed by atoms with E-state index in [-0.39, 0.29) is 18.9 Å². The number of ether oxygens (including phenoxy) is 1. The number of carboxylic acid groups (broad SMARTS) is 1. The van der Waals surface area contributed by atoms with E-state index < -0.39 is 18.1 Å². The first kappa shape index (κ1) is 14.0. The van der Waals surface area contributed by atoms with Crippen LogP contribution in [0.15, 0.2) is 17.5 Å². The first-order chi connectivity index (χ1) is 9.09. The Morgan fingerprint density at radius 2 is 2.42 bits per heavy atom. The Kier molecular flexibility index (Phi) is 4.52. The van der Waals surface area contributed by atoms with Gasteiger partial charge in [0.05, 0.1) is 25.7 Å². The topological polar surface area (TPSA) is 92.9 Å². The highest BCUT2D eigenvalue weighted by Gasteiger charge is 2.32. The van der Waals surface area contributed by atoms with E-state index in [1.807, 2.05) is 11.4 Å². The second-order valence-electron chi connectivity index (χ2n) is 4.35. The molecule has 7 heteroatoms. The van der Waals surface area contributed by atoms with E-state index in [4.69, 9.17) is 15.6 Å². The summed E-state index contributed by atoms with van der Waals surface area (Å²) in [5.74, 6) is -1.19. The van der Waals surface area contributed by atoms with Crippen molar-refractivity contribution in [2.45, 2.75) is 18.5 Å². The number of carbonyl (C=O) groups is 2. The van der Waals surface area contributed by atoms with E-state index in [2.05, 4.69) is 0 Å². The Balaban J connectivity index is 2.08. The number of aliphatic carboxylic acids is 1. The van der Waals surface area contributed by atoms with Crippen molar-refractivity contribution in [3.05, 3.63) is 22.4 Å². The Bertz CT molecular complexity index is 449. The van der Waals surface area contributed by atoms with Crippen LogP contribution < -0.4 is 5.73 Å². The molecule has 0 aromatic carbocycles. The molecule has 1 amide bonds. The molecule has 0 spiro atoms. The van der Waals surface area contributed by atoms with Gasteiger partial charge in [-0.25, -0.2) is 0 Å². The standard InChI is InChI=1S/C12H16N2O4S/c13-11(9-2-1-5-19-9)12(17)14-3-4-18-7-8(14)6-10(15)16/h1-2,5,8,11H,3-4,6-7,13H2,(H,15,16). The van der Waals surface area contributed by atoms with Crippen LogP contribution in [0.3, 0.4) is 0 Å². The maximum Gasteiger partial charge on any atom is 0.305 e. The second-order valence-corrected chi connectivity index (χ2v) is 5.33. The first-order valence-corrected chi connectivity index (χ1v) is 6.86. The minimum Gasteiger partial charge on any atom is -0.481 e. The van der Waals surface area contributed by atoms with Gasteiger partial charge in [-0.2, -0.15) is 0 Å². The van der Waals surface area contributed by atoms with Crippen molar-refractivity contribution in [1.82, 2.24) is 4.90 Å². The number of hydrogen-bond acceptors (Lipinski definition) is 5. The van der Waals surface area contributed by atoms with E-state index >= 15 is 0 Å². The van der Waals surface area contributed by atoms with Gasteiger partial charge in [0.25, 0.3) is 0 Å². The summed E-state index contributed by atoms with van der Waals surface area (Å²) in [6.45, 7) is 1.05. The number of amides is 1. The molecule has 1 fully saturated rings. The molecule has 19 heavy (non-hydrogen) atoms. The zero-order chi connectivity index (χ0) is 13.8. The largest absolute Gasteiger partial charge is 0.481 e. The molecule has 0 radical (unpaired) electrons. The molecule has 0 bridgehead atoms. The van der Waals surface area contributed by atoms with E-state index in [0.717, 1.165) is 4.88 Å². The number of nitrogens with zero attached hydrogens (tertiary/aromatic N) is 1. The van der Waals surface area contributed by atoms with Gasteiger partial charge in [-0.15, -0.1) is 11.3 Å². The zero-order valence-corrected chi connectivity index (χ0v) is 11.1. The number of hydrogen-bond donors (Lipinski definition) is 2. The van der Waals surface area contributed by atoms with E-state index in [0.29, 0.717) is 13.2 Å². The molecule has 1 saturated heterocycles. The van der Waals surface area contributed by atoms with Crippen LogP contribution in [0.25, 0.3) is 0 Å². The molecule has 2 rings (SSSR count). The fourth-order valence-electron chi connectivity index (χ4n) is 2.08. The van der Waals surface area contributed by atoms with Crippen LogP contribution in [0.2, 0.25) is 0 Å². The lowest BCUT2D eigenvalue weighted by atomic mass is 10.1. The van der Waals surface area contributed by atoms with Gasteiger partial charge in [-0.05, 0) is 11.4 Å². The lowest BCUT2D eigenvalue weighted by Crippen LogP contribution is -2.52. The third kappa shape index (κ3) is 3.31. The second kappa shape index (κ2) is 6.14. The predicted octanol–water partition coefficient (Wildman–Crippen LogP) is 0.450. The third-order valence-electron chi connectivity index (χ3n) is 3.04. The number of morpholine rings is 1. The van der Waals surface area contributed by atoms with Gasteiger partial charge < -0.3 is 20.5 Å². The van der Waals surface area contributed by atoms with Crippen molar-refractivity contribution in [2.24, 2.45) is 5.73 Å². The van der Waals surface area contributed by atoms with Crippen molar-refractivity contribution < 1.29 is 19.4 Å². The van der Waals surface area contributed by atoms with E-state index in [9.17, 15) is 9.59 Å². The van der Waals surface area contributed by atoms with Crippen LogP contribution in [-0.2, 0) is 14.3 Å². The number of nitrogens with two attached hydrogens (primary N) is 1. The van der Waals surface area contributed by atoms with Crippen molar-refractivity contribution in [1.29, 1.82) is 0 Å². The quantitative estimate of drug-likeness (QED) is 0.837. The monoisotopic (exact) mass is 284 g/mol. The molecular weight excluding hydrogens is 268 g/mol. The van der Waals surface area contributed by atoms with Crippen molar-refractivity contribution in [3.8, 4) is 0 Å². The number of rotatable bonds is 4. The van der Waals surface area contributed by atoms with Gasteiger partial charge in [0, 0.05) is 11.4 Å². The van der Waals surface area contributed by atoms with Gasteiger partial charge in [-0.3, -0.25) is 9.59 Å². The summed E-state index contributed by atoms with van der Waals surface area (Å²) < 4.78 is 5.24. The predicted molar refractivity (Wildman–Crippen MR) is 69.8 cm³/mol. The van der Waals surface area contributed by atoms with Crippen LogP contribution in [0.5, 0.6) is 0 Å². The Hall–Kier alpha value is -1.44. The van der Waals surface area contributed by atoms with Gasteiger partial charge in [-0.1, -0.05) is 6.07 Å². The molecule has 0 aliphatic carbocycles. The summed E-state index contributed by atoms with van der Waals surface area (Å²) in [6.07, 6.45) is -0.122. The molecule has 6 nitrogen and oxygen atoms in total. The average molecular weight is 284 g/mol. The molecule has 2 atom stereocenters. The maximum absolute atomic E-state index is 12.3. The summed E-state index contributed by atoms with van der Waals surface area (Å²) in [7, 11) is 0.